The molecule has 0 radical (unpaired) electrons. The van der Waals surface area contributed by atoms with Gasteiger partial charge in [-0.2, -0.15) is 20.4 Å². The fraction of sp³-hybridized carbons (Fsp3) is 0.438. The molecular weight excluding hydrogens is 1140 g/mol. The number of aromatic nitrogens is 8. The van der Waals surface area contributed by atoms with Crippen molar-refractivity contribution in [1.82, 2.24) is 40.8 Å². The van der Waals surface area contributed by atoms with Gasteiger partial charge in [-0.25, -0.2) is 0 Å². The average molecular weight is 1200 g/mol. The number of carbonyl (C=O) groups is 1. The Bertz CT molecular complexity index is 2750. The highest BCUT2D eigenvalue weighted by atomic mass is 32.2. The summed E-state index contributed by atoms with van der Waals surface area (Å²) in [6.45, 7) is 19.1. The van der Waals surface area contributed by atoms with Gasteiger partial charge in [-0.15, -0.1) is 0 Å². The zero-order valence-corrected chi connectivity index (χ0v) is 51.4. The van der Waals surface area contributed by atoms with Crippen LogP contribution < -0.4 is 9.47 Å². The molecule has 0 amide bonds. The maximum atomic E-state index is 11.6. The molecule has 4 heterocycles. The Balaban J connectivity index is 0.000000209. The lowest BCUT2D eigenvalue weighted by molar-refractivity contribution is -0.151. The van der Waals surface area contributed by atoms with Crippen molar-refractivity contribution in [2.75, 3.05) is 17.8 Å². The molecule has 72 heavy (non-hydrogen) atoms. The van der Waals surface area contributed by atoms with Crippen LogP contribution in [0.1, 0.15) is 128 Å². The number of hydrogen-bond donors (Lipinski definition) is 4. The lowest BCUT2D eigenvalue weighted by atomic mass is 9.91. The van der Waals surface area contributed by atoms with E-state index in [1.54, 1.807) is 11.8 Å². The molecule has 7 rings (SSSR count). The quantitative estimate of drug-likeness (QED) is 0.0220. The third-order valence-electron chi connectivity index (χ3n) is 10.9. The molecule has 0 fully saturated rings. The van der Waals surface area contributed by atoms with Crippen LogP contribution in [0.5, 0.6) is 11.5 Å². The number of hydrogen-bond acceptors (Lipinski definition) is 20. The van der Waals surface area contributed by atoms with Gasteiger partial charge in [-0.3, -0.25) is 25.2 Å². The first-order valence-corrected chi connectivity index (χ1v) is 31.8. The standard InChI is InChI=1S/2C13H16N2OS3.C13H16N2S3.C9H14N2O2S3/c2*1-3-9(2)10-4-6-11(7-5-10)16-8-18-13-15-14-12(17)19-13;1-3-9(2)11-6-4-10(5-7-11)8-17-13-15-14-12(16)18-13;1-4-9(2,3)6(12)13-5-15-8-11-10-7(14)16-8/h2*4-7,9H,3,8H2,1-2H3,(H,14,17);4-7,9H,3,8H2,1-2H3,(H,14,16);4-5H2,1-3H3,(H,10,14). The van der Waals surface area contributed by atoms with Crippen LogP contribution in [0, 0.1) is 21.2 Å². The third kappa shape index (κ3) is 23.0. The van der Waals surface area contributed by atoms with Crippen LogP contribution in [0.15, 0.2) is 90.2 Å². The fourth-order valence-electron chi connectivity index (χ4n) is 5.46. The largest absolute Gasteiger partial charge is 0.483 e. The minimum absolute atomic E-state index is 0.179. The Morgan fingerprint density at radius 3 is 1.15 bits per heavy atom. The monoisotopic (exact) mass is 1200 g/mol. The number of ether oxygens (including phenoxy) is 3. The maximum absolute atomic E-state index is 11.6. The highest BCUT2D eigenvalue weighted by molar-refractivity contribution is 8.01. The second kappa shape index (κ2) is 33.3. The van der Waals surface area contributed by atoms with E-state index in [1.807, 2.05) is 45.0 Å². The average Bonchev–Trinajstić information content (AvgIpc) is 4.22. The molecule has 3 aromatic carbocycles. The molecule has 390 valence electrons. The van der Waals surface area contributed by atoms with Crippen molar-refractivity contribution in [2.24, 2.45) is 5.41 Å². The van der Waals surface area contributed by atoms with Crippen LogP contribution in [0.25, 0.3) is 0 Å². The van der Waals surface area contributed by atoms with E-state index >= 15 is 0 Å². The highest BCUT2D eigenvalue weighted by Gasteiger charge is 2.27. The van der Waals surface area contributed by atoms with Gasteiger partial charge in [0.2, 0.25) is 0 Å². The smallest absolute Gasteiger partial charge is 0.312 e. The summed E-state index contributed by atoms with van der Waals surface area (Å²) in [6, 6.07) is 25.5. The summed E-state index contributed by atoms with van der Waals surface area (Å²) >= 11 is 31.8. The lowest BCUT2D eigenvalue weighted by Gasteiger charge is -2.19. The molecule has 7 aromatic rings. The van der Waals surface area contributed by atoms with E-state index in [9.17, 15) is 4.79 Å². The number of carbonyl (C=O) groups excluding carboxylic acids is 1. The van der Waals surface area contributed by atoms with E-state index in [0.29, 0.717) is 41.5 Å². The number of aromatic amines is 4. The number of nitrogens with one attached hydrogen (secondary N) is 4. The molecule has 4 N–H and O–H groups in total. The van der Waals surface area contributed by atoms with Crippen LogP contribution in [-0.2, 0) is 15.3 Å². The van der Waals surface area contributed by atoms with Gasteiger partial charge in [0, 0.05) is 5.75 Å². The number of nitrogens with zero attached hydrogens (tertiary/aromatic N) is 4. The van der Waals surface area contributed by atoms with Crippen molar-refractivity contribution in [3.63, 3.8) is 0 Å². The van der Waals surface area contributed by atoms with Crippen molar-refractivity contribution >= 4 is 147 Å². The normalized spacial score (nSPS) is 12.2. The Kier molecular flexibility index (Phi) is 28.6. The molecule has 3 unspecified atom stereocenters. The molecule has 0 aliphatic heterocycles. The van der Waals surface area contributed by atoms with Gasteiger partial charge < -0.3 is 14.2 Å². The SMILES string of the molecule is CCC(C)(C)C(=O)OCSc1n[nH]c(=S)s1.CCC(C)c1ccc(CSc2n[nH]c(=S)s2)cc1.CCC(C)c1ccc(OCSc2n[nH]c(=S)s2)cc1.CCC(C)c1ccc(OCSc2n[nH]c(=S)s2)cc1. The number of rotatable bonds is 22. The Labute approximate surface area is 476 Å². The van der Waals surface area contributed by atoms with Gasteiger partial charge in [-0.1, -0.05) is 189 Å². The minimum atomic E-state index is -0.418. The van der Waals surface area contributed by atoms with Crippen LogP contribution in [-0.4, -0.2) is 64.6 Å². The summed E-state index contributed by atoms with van der Waals surface area (Å²) in [6.07, 6.45) is 4.25. The van der Waals surface area contributed by atoms with Crippen molar-refractivity contribution in [3.8, 4) is 11.5 Å². The van der Waals surface area contributed by atoms with E-state index in [0.717, 1.165) is 57.8 Å². The van der Waals surface area contributed by atoms with E-state index in [4.69, 9.17) is 63.1 Å². The number of thioether (sulfide) groups is 4. The second-order valence-corrected chi connectivity index (χ2v) is 27.8. The molecular formula is C48H62N8O4S12. The summed E-state index contributed by atoms with van der Waals surface area (Å²) in [5, 5.41) is 27.2. The Morgan fingerprint density at radius 1 is 0.528 bits per heavy atom. The van der Waals surface area contributed by atoms with Crippen molar-refractivity contribution < 1.29 is 19.0 Å². The molecule has 24 heteroatoms. The van der Waals surface area contributed by atoms with Crippen molar-refractivity contribution in [1.29, 1.82) is 0 Å². The molecule has 0 saturated carbocycles. The van der Waals surface area contributed by atoms with Gasteiger partial charge in [0.15, 0.2) is 33.2 Å². The molecule has 0 spiro atoms. The zero-order valence-electron chi connectivity index (χ0n) is 41.6. The molecule has 12 nitrogen and oxygen atoms in total. The lowest BCUT2D eigenvalue weighted by Crippen LogP contribution is -2.25. The molecule has 0 bridgehead atoms. The Morgan fingerprint density at radius 2 is 0.847 bits per heavy atom. The summed E-state index contributed by atoms with van der Waals surface area (Å²) in [5.41, 5.74) is 5.04. The fourth-order valence-corrected chi connectivity index (χ4v) is 12.9. The second-order valence-electron chi connectivity index (χ2n) is 16.4. The van der Waals surface area contributed by atoms with E-state index in [1.165, 1.54) is 109 Å². The van der Waals surface area contributed by atoms with Crippen molar-refractivity contribution in [2.45, 2.75) is 129 Å². The van der Waals surface area contributed by atoms with Gasteiger partial charge >= 0.3 is 5.97 Å². The molecule has 4 aromatic heterocycles. The first-order valence-electron chi connectivity index (χ1n) is 23.0. The Hall–Kier alpha value is -2.75. The van der Waals surface area contributed by atoms with Gasteiger partial charge in [0.1, 0.15) is 29.3 Å². The molecule has 0 aliphatic rings. The molecule has 0 saturated heterocycles. The number of benzene rings is 3. The highest BCUT2D eigenvalue weighted by Crippen LogP contribution is 2.29. The van der Waals surface area contributed by atoms with Crippen molar-refractivity contribution in [3.05, 3.63) is 111 Å². The van der Waals surface area contributed by atoms with Crippen LogP contribution >= 0.6 is 141 Å². The van der Waals surface area contributed by atoms with E-state index in [2.05, 4.69) is 131 Å². The van der Waals surface area contributed by atoms with Gasteiger partial charge in [0.05, 0.1) is 5.41 Å². The van der Waals surface area contributed by atoms with Crippen LogP contribution in [0.4, 0.5) is 0 Å². The minimum Gasteiger partial charge on any atom is -0.483 e. The van der Waals surface area contributed by atoms with Crippen LogP contribution in [0.3, 0.4) is 0 Å². The van der Waals surface area contributed by atoms with Crippen LogP contribution in [0.2, 0.25) is 0 Å². The predicted octanol–water partition coefficient (Wildman–Crippen LogP) is 17.9. The van der Waals surface area contributed by atoms with Gasteiger partial charge in [-0.05, 0) is 153 Å². The summed E-state index contributed by atoms with van der Waals surface area (Å²) in [7, 11) is 0. The summed E-state index contributed by atoms with van der Waals surface area (Å²) in [4.78, 5) is 11.6. The third-order valence-corrected chi connectivity index (χ3v) is 19.4. The number of esters is 1. The van der Waals surface area contributed by atoms with E-state index in [-0.39, 0.29) is 11.9 Å². The predicted molar refractivity (Wildman–Crippen MR) is 318 cm³/mol. The molecule has 0 aliphatic carbocycles. The molecule has 3 atom stereocenters. The summed E-state index contributed by atoms with van der Waals surface area (Å²) in [5.74, 6) is 5.73. The first-order chi connectivity index (χ1) is 34.5. The zero-order chi connectivity index (χ0) is 52.5. The summed E-state index contributed by atoms with van der Waals surface area (Å²) < 4.78 is 22.8. The first kappa shape index (κ1) is 61.8. The van der Waals surface area contributed by atoms with Gasteiger partial charge in [0.25, 0.3) is 0 Å². The number of H-pyrrole nitrogens is 4. The topological polar surface area (TPSA) is 159 Å². The maximum Gasteiger partial charge on any atom is 0.312 e. The van der Waals surface area contributed by atoms with E-state index < -0.39 is 5.41 Å².